The topological polar surface area (TPSA) is 6.48 Å². The zero-order valence-electron chi connectivity index (χ0n) is 12.7. The molecule has 2 aliphatic heterocycles. The molecular weight excluding hydrogens is 232 g/mol. The fourth-order valence-electron chi connectivity index (χ4n) is 3.68. The summed E-state index contributed by atoms with van der Waals surface area (Å²) in [5.74, 6) is 0. The highest BCUT2D eigenvalue weighted by Gasteiger charge is 2.38. The van der Waals surface area contributed by atoms with Crippen LogP contribution in [-0.2, 0) is 5.41 Å². The molecule has 0 bridgehead atoms. The minimum absolute atomic E-state index is 0.298. The van der Waals surface area contributed by atoms with Crippen molar-refractivity contribution in [2.24, 2.45) is 0 Å². The summed E-state index contributed by atoms with van der Waals surface area (Å²) < 4.78 is 0. The number of likely N-dealkylation sites (tertiary alicyclic amines) is 1. The Morgan fingerprint density at radius 1 is 1.16 bits per heavy atom. The van der Waals surface area contributed by atoms with Crippen LogP contribution in [0.5, 0.6) is 0 Å². The molecule has 1 saturated heterocycles. The Balaban J connectivity index is 1.91. The first kappa shape index (κ1) is 13.0. The van der Waals surface area contributed by atoms with Gasteiger partial charge in [0.15, 0.2) is 0 Å². The van der Waals surface area contributed by atoms with Gasteiger partial charge < -0.3 is 9.80 Å². The molecule has 0 unspecified atom stereocenters. The number of rotatable bonds is 1. The Kier molecular flexibility index (Phi) is 3.09. The fourth-order valence-corrected chi connectivity index (χ4v) is 3.68. The smallest absolute Gasteiger partial charge is 0.0410 e. The average Bonchev–Trinajstić information content (AvgIpc) is 2.62. The highest BCUT2D eigenvalue weighted by atomic mass is 15.2. The summed E-state index contributed by atoms with van der Waals surface area (Å²) in [6, 6.07) is 7.74. The number of benzene rings is 1. The van der Waals surface area contributed by atoms with E-state index in [4.69, 9.17) is 0 Å². The Hall–Kier alpha value is -1.02. The summed E-state index contributed by atoms with van der Waals surface area (Å²) in [4.78, 5) is 5.14. The first-order valence-electron chi connectivity index (χ1n) is 7.54. The average molecular weight is 258 g/mol. The maximum Gasteiger partial charge on any atom is 0.0410 e. The number of piperidine rings is 1. The molecule has 2 nitrogen and oxygen atoms in total. The van der Waals surface area contributed by atoms with Crippen molar-refractivity contribution >= 4 is 5.69 Å². The van der Waals surface area contributed by atoms with Crippen LogP contribution in [0.1, 0.15) is 37.8 Å². The quantitative estimate of drug-likeness (QED) is 0.763. The van der Waals surface area contributed by atoms with Gasteiger partial charge in [0.05, 0.1) is 0 Å². The number of fused-ring (bicyclic) bond motifs is 1. The maximum atomic E-state index is 2.69. The van der Waals surface area contributed by atoms with Crippen LogP contribution in [0.4, 0.5) is 5.69 Å². The number of aryl methyl sites for hydroxylation is 1. The van der Waals surface area contributed by atoms with Crippen LogP contribution >= 0.6 is 0 Å². The van der Waals surface area contributed by atoms with E-state index in [-0.39, 0.29) is 0 Å². The molecule has 0 spiro atoms. The van der Waals surface area contributed by atoms with Gasteiger partial charge in [-0.15, -0.1) is 0 Å². The summed E-state index contributed by atoms with van der Waals surface area (Å²) in [5, 5.41) is 0. The molecular formula is C17H26N2. The highest BCUT2D eigenvalue weighted by molar-refractivity contribution is 5.64. The number of nitrogens with zero attached hydrogens (tertiary/aromatic N) is 2. The predicted molar refractivity (Wildman–Crippen MR) is 82.1 cm³/mol. The highest BCUT2D eigenvalue weighted by Crippen LogP contribution is 2.43. The molecule has 3 rings (SSSR count). The summed E-state index contributed by atoms with van der Waals surface area (Å²) in [6.45, 7) is 10.6. The predicted octanol–water partition coefficient (Wildman–Crippen LogP) is 3.19. The van der Waals surface area contributed by atoms with E-state index in [0.717, 1.165) is 6.04 Å². The van der Waals surface area contributed by atoms with Gasteiger partial charge in [-0.05, 0) is 57.1 Å². The molecule has 0 saturated carbocycles. The van der Waals surface area contributed by atoms with Gasteiger partial charge in [-0.25, -0.2) is 0 Å². The standard InChI is InChI=1S/C17H26N2/c1-13-5-6-15-16(11-13)19(12-17(15,2)3)14-7-9-18(4)10-8-14/h5-6,11,14H,7-10,12H2,1-4H3. The van der Waals surface area contributed by atoms with E-state index in [0.29, 0.717) is 5.41 Å². The van der Waals surface area contributed by atoms with E-state index in [1.807, 2.05) is 0 Å². The minimum atomic E-state index is 0.298. The van der Waals surface area contributed by atoms with E-state index >= 15 is 0 Å². The van der Waals surface area contributed by atoms with Gasteiger partial charge in [-0.2, -0.15) is 0 Å². The third-order valence-electron chi connectivity index (χ3n) is 4.89. The van der Waals surface area contributed by atoms with Crippen molar-refractivity contribution in [1.29, 1.82) is 0 Å². The number of anilines is 1. The van der Waals surface area contributed by atoms with E-state index in [1.165, 1.54) is 49.3 Å². The van der Waals surface area contributed by atoms with Gasteiger partial charge in [0, 0.05) is 23.7 Å². The zero-order valence-corrected chi connectivity index (χ0v) is 12.7. The van der Waals surface area contributed by atoms with Crippen molar-refractivity contribution in [3.05, 3.63) is 29.3 Å². The summed E-state index contributed by atoms with van der Waals surface area (Å²) >= 11 is 0. The zero-order chi connectivity index (χ0) is 13.6. The van der Waals surface area contributed by atoms with Crippen molar-refractivity contribution < 1.29 is 0 Å². The van der Waals surface area contributed by atoms with Crippen LogP contribution in [0, 0.1) is 6.92 Å². The van der Waals surface area contributed by atoms with Gasteiger partial charge in [-0.1, -0.05) is 26.0 Å². The molecule has 2 heterocycles. The van der Waals surface area contributed by atoms with Gasteiger partial charge >= 0.3 is 0 Å². The second kappa shape index (κ2) is 4.52. The molecule has 0 aromatic heterocycles. The lowest BCUT2D eigenvalue weighted by molar-refractivity contribution is 0.248. The van der Waals surface area contributed by atoms with Crippen molar-refractivity contribution in [3.8, 4) is 0 Å². The normalized spacial score (nSPS) is 23.7. The lowest BCUT2D eigenvalue weighted by Crippen LogP contribution is -2.44. The molecule has 0 amide bonds. The largest absolute Gasteiger partial charge is 0.367 e. The van der Waals surface area contributed by atoms with Crippen LogP contribution in [0.15, 0.2) is 18.2 Å². The van der Waals surface area contributed by atoms with Crippen LogP contribution in [0.2, 0.25) is 0 Å². The number of hydrogen-bond acceptors (Lipinski definition) is 2. The monoisotopic (exact) mass is 258 g/mol. The third kappa shape index (κ3) is 2.27. The minimum Gasteiger partial charge on any atom is -0.367 e. The van der Waals surface area contributed by atoms with E-state index in [2.05, 4.69) is 55.8 Å². The molecule has 2 heteroatoms. The van der Waals surface area contributed by atoms with E-state index < -0.39 is 0 Å². The second-order valence-electron chi connectivity index (χ2n) is 7.07. The lowest BCUT2D eigenvalue weighted by atomic mass is 9.86. The molecule has 0 aliphatic carbocycles. The van der Waals surface area contributed by atoms with Crippen molar-refractivity contribution in [1.82, 2.24) is 4.90 Å². The summed E-state index contributed by atoms with van der Waals surface area (Å²) in [6.07, 6.45) is 2.61. The first-order chi connectivity index (χ1) is 8.97. The molecule has 104 valence electrons. The Morgan fingerprint density at radius 3 is 2.53 bits per heavy atom. The van der Waals surface area contributed by atoms with Gasteiger partial charge in [0.25, 0.3) is 0 Å². The SMILES string of the molecule is Cc1ccc2c(c1)N(C1CCN(C)CC1)CC2(C)C. The molecule has 0 atom stereocenters. The molecule has 0 radical (unpaired) electrons. The molecule has 19 heavy (non-hydrogen) atoms. The summed E-state index contributed by atoms with van der Waals surface area (Å²) in [7, 11) is 2.24. The van der Waals surface area contributed by atoms with Crippen molar-refractivity contribution in [2.75, 3.05) is 31.6 Å². The molecule has 1 aromatic rings. The molecule has 2 aliphatic rings. The van der Waals surface area contributed by atoms with Gasteiger partial charge in [0.2, 0.25) is 0 Å². The van der Waals surface area contributed by atoms with Crippen LogP contribution in [-0.4, -0.2) is 37.6 Å². The fraction of sp³-hybridized carbons (Fsp3) is 0.647. The molecule has 1 aromatic carbocycles. The van der Waals surface area contributed by atoms with Crippen LogP contribution in [0.3, 0.4) is 0 Å². The summed E-state index contributed by atoms with van der Waals surface area (Å²) in [5.41, 5.74) is 4.72. The maximum absolute atomic E-state index is 2.69. The third-order valence-corrected chi connectivity index (χ3v) is 4.89. The van der Waals surface area contributed by atoms with E-state index in [1.54, 1.807) is 0 Å². The van der Waals surface area contributed by atoms with Crippen LogP contribution in [0.25, 0.3) is 0 Å². The van der Waals surface area contributed by atoms with Crippen LogP contribution < -0.4 is 4.90 Å². The lowest BCUT2D eigenvalue weighted by Gasteiger charge is -2.37. The molecule has 0 N–H and O–H groups in total. The first-order valence-corrected chi connectivity index (χ1v) is 7.54. The van der Waals surface area contributed by atoms with E-state index in [9.17, 15) is 0 Å². The number of hydrogen-bond donors (Lipinski definition) is 0. The van der Waals surface area contributed by atoms with Crippen molar-refractivity contribution in [3.63, 3.8) is 0 Å². The van der Waals surface area contributed by atoms with Gasteiger partial charge in [0.1, 0.15) is 0 Å². The molecule has 1 fully saturated rings. The van der Waals surface area contributed by atoms with Crippen molar-refractivity contribution in [2.45, 2.75) is 45.1 Å². The Morgan fingerprint density at radius 2 is 1.84 bits per heavy atom. The Bertz CT molecular complexity index is 470. The second-order valence-corrected chi connectivity index (χ2v) is 7.07. The van der Waals surface area contributed by atoms with Gasteiger partial charge in [-0.3, -0.25) is 0 Å². The Labute approximate surface area is 117 Å².